The summed E-state index contributed by atoms with van der Waals surface area (Å²) < 4.78 is 18.2. The zero-order valence-electron chi connectivity index (χ0n) is 10.2. The number of anilines is 1. The van der Waals surface area contributed by atoms with Crippen molar-refractivity contribution in [1.82, 2.24) is 0 Å². The molecule has 0 aromatic heterocycles. The molecule has 5 nitrogen and oxygen atoms in total. The summed E-state index contributed by atoms with van der Waals surface area (Å²) in [5.41, 5.74) is 11.0. The lowest BCUT2D eigenvalue weighted by atomic mass is 10.1. The van der Waals surface area contributed by atoms with Gasteiger partial charge in [0.15, 0.2) is 0 Å². The summed E-state index contributed by atoms with van der Waals surface area (Å²) in [6, 6.07) is 2.37. The van der Waals surface area contributed by atoms with Gasteiger partial charge in [-0.2, -0.15) is 0 Å². The van der Waals surface area contributed by atoms with Crippen LogP contribution in [-0.2, 0) is 9.53 Å². The molecule has 1 atom stereocenters. The molecule has 0 heterocycles. The first-order valence-electron chi connectivity index (χ1n) is 5.35. The standard InChI is InChI=1S/C12H15FN2O3/c1-6(11(15)16)5-18-12(17)8-3-9(13)7(2)10(14)4-8/h3-4,6H,5,14H2,1-2H3,(H2,15,16). The Morgan fingerprint density at radius 1 is 1.44 bits per heavy atom. The minimum absolute atomic E-state index is 0.00673. The van der Waals surface area contributed by atoms with Crippen molar-refractivity contribution in [3.05, 3.63) is 29.1 Å². The maximum absolute atomic E-state index is 13.4. The molecule has 0 saturated heterocycles. The topological polar surface area (TPSA) is 95.4 Å². The van der Waals surface area contributed by atoms with E-state index in [4.69, 9.17) is 16.2 Å². The lowest BCUT2D eigenvalue weighted by molar-refractivity contribution is -0.122. The third kappa shape index (κ3) is 3.19. The third-order valence-electron chi connectivity index (χ3n) is 2.57. The highest BCUT2D eigenvalue weighted by Crippen LogP contribution is 2.18. The number of ether oxygens (including phenoxy) is 1. The summed E-state index contributed by atoms with van der Waals surface area (Å²) in [6.45, 7) is 2.89. The SMILES string of the molecule is Cc1c(N)cc(C(=O)OCC(C)C(N)=O)cc1F. The van der Waals surface area contributed by atoms with Crippen LogP contribution in [0.1, 0.15) is 22.8 Å². The molecule has 1 aromatic rings. The summed E-state index contributed by atoms with van der Waals surface area (Å²) in [4.78, 5) is 22.3. The van der Waals surface area contributed by atoms with Crippen molar-refractivity contribution in [3.8, 4) is 0 Å². The Bertz CT molecular complexity index is 465. The van der Waals surface area contributed by atoms with Crippen LogP contribution in [0.3, 0.4) is 0 Å². The van der Waals surface area contributed by atoms with Crippen molar-refractivity contribution in [1.29, 1.82) is 0 Å². The van der Waals surface area contributed by atoms with Crippen LogP contribution in [0.2, 0.25) is 0 Å². The predicted octanol–water partition coefficient (Wildman–Crippen LogP) is 0.995. The number of esters is 1. The van der Waals surface area contributed by atoms with Crippen LogP contribution in [-0.4, -0.2) is 18.5 Å². The fourth-order valence-corrected chi connectivity index (χ4v) is 1.18. The Balaban J connectivity index is 2.76. The molecule has 4 N–H and O–H groups in total. The Hall–Kier alpha value is -2.11. The molecule has 1 unspecified atom stereocenters. The smallest absolute Gasteiger partial charge is 0.338 e. The van der Waals surface area contributed by atoms with Crippen LogP contribution in [0, 0.1) is 18.7 Å². The minimum Gasteiger partial charge on any atom is -0.461 e. The Kier molecular flexibility index (Phi) is 4.25. The van der Waals surface area contributed by atoms with Crippen LogP contribution in [0.4, 0.5) is 10.1 Å². The highest BCUT2D eigenvalue weighted by molar-refractivity contribution is 5.91. The Labute approximate surface area is 104 Å². The number of benzene rings is 1. The van der Waals surface area contributed by atoms with Crippen molar-refractivity contribution < 1.29 is 18.7 Å². The molecule has 98 valence electrons. The van der Waals surface area contributed by atoms with Gasteiger partial charge in [0, 0.05) is 11.3 Å². The van der Waals surface area contributed by atoms with Crippen LogP contribution < -0.4 is 11.5 Å². The van der Waals surface area contributed by atoms with Crippen molar-refractivity contribution in [2.75, 3.05) is 12.3 Å². The largest absolute Gasteiger partial charge is 0.461 e. The number of carbonyl (C=O) groups excluding carboxylic acids is 2. The van der Waals surface area contributed by atoms with E-state index >= 15 is 0 Å². The molecule has 1 aromatic carbocycles. The van der Waals surface area contributed by atoms with E-state index in [1.54, 1.807) is 0 Å². The number of nitrogen functional groups attached to an aromatic ring is 1. The molecule has 0 aliphatic heterocycles. The van der Waals surface area contributed by atoms with Crippen molar-refractivity contribution in [2.45, 2.75) is 13.8 Å². The summed E-state index contributed by atoms with van der Waals surface area (Å²) in [5, 5.41) is 0. The molecular weight excluding hydrogens is 239 g/mol. The van der Waals surface area contributed by atoms with Crippen LogP contribution in [0.25, 0.3) is 0 Å². The number of carbonyl (C=O) groups is 2. The van der Waals surface area contributed by atoms with E-state index < -0.39 is 23.6 Å². The second-order valence-corrected chi connectivity index (χ2v) is 4.07. The van der Waals surface area contributed by atoms with Crippen LogP contribution in [0.5, 0.6) is 0 Å². The van der Waals surface area contributed by atoms with Gasteiger partial charge in [-0.05, 0) is 19.1 Å². The number of hydrogen-bond donors (Lipinski definition) is 2. The molecule has 18 heavy (non-hydrogen) atoms. The number of primary amides is 1. The Morgan fingerprint density at radius 2 is 2.06 bits per heavy atom. The normalized spacial score (nSPS) is 11.9. The van der Waals surface area contributed by atoms with E-state index in [-0.39, 0.29) is 23.4 Å². The number of rotatable bonds is 4. The quantitative estimate of drug-likeness (QED) is 0.618. The number of hydrogen-bond acceptors (Lipinski definition) is 4. The van der Waals surface area contributed by atoms with Gasteiger partial charge in [0.25, 0.3) is 0 Å². The highest BCUT2D eigenvalue weighted by Gasteiger charge is 2.15. The fraction of sp³-hybridized carbons (Fsp3) is 0.333. The van der Waals surface area contributed by atoms with Gasteiger partial charge in [-0.1, -0.05) is 6.92 Å². The van der Waals surface area contributed by atoms with Gasteiger partial charge in [-0.15, -0.1) is 0 Å². The molecular formula is C12H15FN2O3. The minimum atomic E-state index is -0.742. The zero-order chi connectivity index (χ0) is 13.9. The highest BCUT2D eigenvalue weighted by atomic mass is 19.1. The van der Waals surface area contributed by atoms with E-state index in [1.807, 2.05) is 0 Å². The van der Waals surface area contributed by atoms with E-state index in [9.17, 15) is 14.0 Å². The molecule has 0 spiro atoms. The molecule has 0 bridgehead atoms. The first-order chi connectivity index (χ1) is 8.32. The van der Waals surface area contributed by atoms with Gasteiger partial charge in [0.2, 0.25) is 5.91 Å². The van der Waals surface area contributed by atoms with Gasteiger partial charge in [0.1, 0.15) is 12.4 Å². The van der Waals surface area contributed by atoms with Gasteiger partial charge in [-0.25, -0.2) is 9.18 Å². The maximum Gasteiger partial charge on any atom is 0.338 e. The first-order valence-corrected chi connectivity index (χ1v) is 5.35. The first kappa shape index (κ1) is 14.0. The molecule has 0 aliphatic carbocycles. The number of amides is 1. The fourth-order valence-electron chi connectivity index (χ4n) is 1.18. The van der Waals surface area contributed by atoms with Crippen molar-refractivity contribution in [3.63, 3.8) is 0 Å². The average molecular weight is 254 g/mol. The summed E-state index contributed by atoms with van der Waals surface area (Å²) >= 11 is 0. The van der Waals surface area contributed by atoms with Crippen molar-refractivity contribution in [2.24, 2.45) is 11.7 Å². The molecule has 0 fully saturated rings. The molecule has 0 aliphatic rings. The molecule has 0 saturated carbocycles. The maximum atomic E-state index is 13.4. The van der Waals surface area contributed by atoms with E-state index in [0.29, 0.717) is 0 Å². The zero-order valence-corrected chi connectivity index (χ0v) is 10.2. The Morgan fingerprint density at radius 3 is 2.56 bits per heavy atom. The van der Waals surface area contributed by atoms with Gasteiger partial charge < -0.3 is 16.2 Å². The summed E-state index contributed by atoms with van der Waals surface area (Å²) in [5.74, 6) is -2.49. The van der Waals surface area contributed by atoms with Crippen LogP contribution in [0.15, 0.2) is 12.1 Å². The van der Waals surface area contributed by atoms with Gasteiger partial charge >= 0.3 is 5.97 Å². The summed E-state index contributed by atoms with van der Waals surface area (Å²) in [6.07, 6.45) is 0. The number of nitrogens with two attached hydrogens (primary N) is 2. The van der Waals surface area contributed by atoms with E-state index in [2.05, 4.69) is 0 Å². The summed E-state index contributed by atoms with van der Waals surface area (Å²) in [7, 11) is 0. The number of halogens is 1. The monoisotopic (exact) mass is 254 g/mol. The lowest BCUT2D eigenvalue weighted by Gasteiger charge is -2.10. The van der Waals surface area contributed by atoms with Gasteiger partial charge in [0.05, 0.1) is 11.5 Å². The molecule has 6 heteroatoms. The molecule has 1 rings (SSSR count). The molecule has 1 amide bonds. The van der Waals surface area contributed by atoms with Crippen molar-refractivity contribution >= 4 is 17.6 Å². The predicted molar refractivity (Wildman–Crippen MR) is 64.2 cm³/mol. The van der Waals surface area contributed by atoms with E-state index in [1.165, 1.54) is 19.9 Å². The average Bonchev–Trinajstić information content (AvgIpc) is 2.31. The third-order valence-corrected chi connectivity index (χ3v) is 2.57. The molecule has 0 radical (unpaired) electrons. The van der Waals surface area contributed by atoms with Gasteiger partial charge in [-0.3, -0.25) is 4.79 Å². The van der Waals surface area contributed by atoms with Crippen LogP contribution >= 0.6 is 0 Å². The second kappa shape index (κ2) is 5.48. The second-order valence-electron chi connectivity index (χ2n) is 4.07. The van der Waals surface area contributed by atoms with E-state index in [0.717, 1.165) is 6.07 Å². The lowest BCUT2D eigenvalue weighted by Crippen LogP contribution is -2.26.